The van der Waals surface area contributed by atoms with Gasteiger partial charge in [0.1, 0.15) is 5.69 Å². The Morgan fingerprint density at radius 2 is 1.82 bits per heavy atom. The van der Waals surface area contributed by atoms with Crippen molar-refractivity contribution in [2.45, 2.75) is 25.7 Å². The number of anilines is 2. The van der Waals surface area contributed by atoms with Crippen LogP contribution in [0.5, 0.6) is 0 Å². The first-order valence-corrected chi connectivity index (χ1v) is 9.56. The summed E-state index contributed by atoms with van der Waals surface area (Å²) in [6.45, 7) is 2.08. The molecule has 0 saturated carbocycles. The summed E-state index contributed by atoms with van der Waals surface area (Å²) in [5.41, 5.74) is 2.61. The first kappa shape index (κ1) is 18.0. The SMILES string of the molecule is O=C(Nc1cccc(-c2ccc(N3CCCCCC3)nn2)c1)c1cnccn1. The van der Waals surface area contributed by atoms with Crippen molar-refractivity contribution in [1.29, 1.82) is 0 Å². The van der Waals surface area contributed by atoms with Crippen LogP contribution in [0.2, 0.25) is 0 Å². The number of amides is 1. The summed E-state index contributed by atoms with van der Waals surface area (Å²) in [7, 11) is 0. The van der Waals surface area contributed by atoms with E-state index in [1.165, 1.54) is 44.3 Å². The fourth-order valence-corrected chi connectivity index (χ4v) is 3.32. The van der Waals surface area contributed by atoms with Crippen LogP contribution >= 0.6 is 0 Å². The average Bonchev–Trinajstić information content (AvgIpc) is 3.04. The molecule has 0 aliphatic carbocycles. The molecule has 1 aliphatic heterocycles. The van der Waals surface area contributed by atoms with Crippen molar-refractivity contribution < 1.29 is 4.79 Å². The van der Waals surface area contributed by atoms with E-state index in [1.54, 1.807) is 0 Å². The van der Waals surface area contributed by atoms with E-state index in [0.717, 1.165) is 30.2 Å². The topological polar surface area (TPSA) is 83.9 Å². The zero-order chi connectivity index (χ0) is 19.2. The van der Waals surface area contributed by atoms with Crippen LogP contribution in [-0.2, 0) is 0 Å². The normalized spacial score (nSPS) is 14.4. The van der Waals surface area contributed by atoms with E-state index in [4.69, 9.17) is 0 Å². The molecule has 28 heavy (non-hydrogen) atoms. The highest BCUT2D eigenvalue weighted by atomic mass is 16.1. The van der Waals surface area contributed by atoms with Crippen molar-refractivity contribution in [1.82, 2.24) is 20.2 Å². The standard InChI is InChI=1S/C21H22N6O/c28-21(19-15-22-10-11-23-19)24-17-7-5-6-16(14-17)18-8-9-20(26-25-18)27-12-3-1-2-4-13-27/h5-11,14-15H,1-4,12-13H2,(H,24,28). The van der Waals surface area contributed by atoms with Gasteiger partial charge in [-0.2, -0.15) is 0 Å². The monoisotopic (exact) mass is 374 g/mol. The molecule has 7 heteroatoms. The molecule has 1 saturated heterocycles. The summed E-state index contributed by atoms with van der Waals surface area (Å²) >= 11 is 0. The van der Waals surface area contributed by atoms with Crippen LogP contribution in [0.4, 0.5) is 11.5 Å². The summed E-state index contributed by atoms with van der Waals surface area (Å²) < 4.78 is 0. The summed E-state index contributed by atoms with van der Waals surface area (Å²) in [6.07, 6.45) is 9.45. The van der Waals surface area contributed by atoms with E-state index in [9.17, 15) is 4.79 Å². The average molecular weight is 374 g/mol. The van der Waals surface area contributed by atoms with Gasteiger partial charge in [0, 0.05) is 36.7 Å². The van der Waals surface area contributed by atoms with Crippen LogP contribution < -0.4 is 10.2 Å². The van der Waals surface area contributed by atoms with Crippen molar-refractivity contribution in [3.05, 3.63) is 60.7 Å². The Morgan fingerprint density at radius 3 is 2.54 bits per heavy atom. The Labute approximate surface area is 163 Å². The minimum Gasteiger partial charge on any atom is -0.355 e. The van der Waals surface area contributed by atoms with Crippen molar-refractivity contribution in [3.8, 4) is 11.3 Å². The second-order valence-electron chi connectivity index (χ2n) is 6.80. The lowest BCUT2D eigenvalue weighted by molar-refractivity contribution is 0.102. The predicted octanol–water partition coefficient (Wildman–Crippen LogP) is 3.57. The molecule has 1 aliphatic rings. The summed E-state index contributed by atoms with van der Waals surface area (Å²) in [4.78, 5) is 22.5. The lowest BCUT2D eigenvalue weighted by Crippen LogP contribution is -2.25. The molecular formula is C21H22N6O. The summed E-state index contributed by atoms with van der Waals surface area (Å²) in [5.74, 6) is 0.630. The van der Waals surface area contributed by atoms with Crippen LogP contribution in [0, 0.1) is 0 Å². The predicted molar refractivity (Wildman–Crippen MR) is 108 cm³/mol. The molecule has 0 atom stereocenters. The van der Waals surface area contributed by atoms with Gasteiger partial charge in [0.15, 0.2) is 5.82 Å². The molecule has 1 aromatic carbocycles. The summed E-state index contributed by atoms with van der Waals surface area (Å²) in [5, 5.41) is 11.7. The highest BCUT2D eigenvalue weighted by Crippen LogP contribution is 2.23. The van der Waals surface area contributed by atoms with Gasteiger partial charge in [0.05, 0.1) is 11.9 Å². The van der Waals surface area contributed by atoms with E-state index in [2.05, 4.69) is 30.4 Å². The zero-order valence-corrected chi connectivity index (χ0v) is 15.6. The molecule has 7 nitrogen and oxygen atoms in total. The van der Waals surface area contributed by atoms with Gasteiger partial charge >= 0.3 is 0 Å². The molecule has 1 amide bonds. The highest BCUT2D eigenvalue weighted by molar-refractivity contribution is 6.02. The maximum atomic E-state index is 12.3. The van der Waals surface area contributed by atoms with Crippen molar-refractivity contribution in [2.24, 2.45) is 0 Å². The molecule has 2 aromatic heterocycles. The Hall–Kier alpha value is -3.35. The van der Waals surface area contributed by atoms with E-state index >= 15 is 0 Å². The Morgan fingerprint density at radius 1 is 0.964 bits per heavy atom. The van der Waals surface area contributed by atoms with E-state index in [1.807, 2.05) is 36.4 Å². The molecule has 1 fully saturated rings. The number of carbonyl (C=O) groups excluding carboxylic acids is 1. The fourth-order valence-electron chi connectivity index (χ4n) is 3.32. The molecule has 0 spiro atoms. The van der Waals surface area contributed by atoms with Crippen LogP contribution in [0.3, 0.4) is 0 Å². The lowest BCUT2D eigenvalue weighted by atomic mass is 10.1. The third-order valence-electron chi connectivity index (χ3n) is 4.79. The molecule has 3 heterocycles. The smallest absolute Gasteiger partial charge is 0.275 e. The minimum atomic E-state index is -0.298. The van der Waals surface area contributed by atoms with Gasteiger partial charge in [-0.25, -0.2) is 4.98 Å². The van der Waals surface area contributed by atoms with Crippen LogP contribution in [0.1, 0.15) is 36.2 Å². The number of nitrogens with zero attached hydrogens (tertiary/aromatic N) is 5. The summed E-state index contributed by atoms with van der Waals surface area (Å²) in [6, 6.07) is 11.6. The van der Waals surface area contributed by atoms with Crippen molar-refractivity contribution >= 4 is 17.4 Å². The Kier molecular flexibility index (Phi) is 5.51. The number of hydrogen-bond acceptors (Lipinski definition) is 6. The van der Waals surface area contributed by atoms with Gasteiger partial charge in [0.2, 0.25) is 0 Å². The lowest BCUT2D eigenvalue weighted by Gasteiger charge is -2.20. The molecule has 4 rings (SSSR count). The van der Waals surface area contributed by atoms with Gasteiger partial charge in [-0.15, -0.1) is 10.2 Å². The largest absolute Gasteiger partial charge is 0.355 e. The molecular weight excluding hydrogens is 352 g/mol. The molecule has 0 unspecified atom stereocenters. The van der Waals surface area contributed by atoms with Crippen LogP contribution in [0.25, 0.3) is 11.3 Å². The number of aromatic nitrogens is 4. The molecule has 0 bridgehead atoms. The molecule has 142 valence electrons. The first-order valence-electron chi connectivity index (χ1n) is 9.56. The third kappa shape index (κ3) is 4.31. The van der Waals surface area contributed by atoms with Gasteiger partial charge in [-0.3, -0.25) is 9.78 Å². The van der Waals surface area contributed by atoms with Gasteiger partial charge < -0.3 is 10.2 Å². The number of carbonyl (C=O) groups is 1. The zero-order valence-electron chi connectivity index (χ0n) is 15.6. The van der Waals surface area contributed by atoms with Gasteiger partial charge in [-0.1, -0.05) is 25.0 Å². The molecule has 0 radical (unpaired) electrons. The van der Waals surface area contributed by atoms with E-state index in [0.29, 0.717) is 5.69 Å². The first-order chi connectivity index (χ1) is 13.8. The van der Waals surface area contributed by atoms with E-state index in [-0.39, 0.29) is 11.6 Å². The minimum absolute atomic E-state index is 0.273. The second-order valence-corrected chi connectivity index (χ2v) is 6.80. The van der Waals surface area contributed by atoms with Crippen molar-refractivity contribution in [2.75, 3.05) is 23.3 Å². The molecule has 3 aromatic rings. The Bertz CT molecular complexity index is 921. The van der Waals surface area contributed by atoms with Gasteiger partial charge in [0.25, 0.3) is 5.91 Å². The third-order valence-corrected chi connectivity index (χ3v) is 4.79. The number of benzene rings is 1. The number of hydrogen-bond donors (Lipinski definition) is 1. The maximum Gasteiger partial charge on any atom is 0.275 e. The fraction of sp³-hybridized carbons (Fsp3) is 0.286. The van der Waals surface area contributed by atoms with Crippen molar-refractivity contribution in [3.63, 3.8) is 0 Å². The second kappa shape index (κ2) is 8.56. The Balaban J connectivity index is 1.48. The van der Waals surface area contributed by atoms with Gasteiger partial charge in [-0.05, 0) is 37.1 Å². The molecule has 1 N–H and O–H groups in total. The quantitative estimate of drug-likeness (QED) is 0.752. The van der Waals surface area contributed by atoms with Crippen LogP contribution in [0.15, 0.2) is 55.0 Å². The van der Waals surface area contributed by atoms with Crippen LogP contribution in [-0.4, -0.2) is 39.2 Å². The number of nitrogens with one attached hydrogen (secondary N) is 1. The van der Waals surface area contributed by atoms with E-state index < -0.39 is 0 Å². The maximum absolute atomic E-state index is 12.3. The highest BCUT2D eigenvalue weighted by Gasteiger charge is 2.12. The number of rotatable bonds is 4.